The quantitative estimate of drug-likeness (QED) is 0.492. The van der Waals surface area contributed by atoms with Crippen LogP contribution in [0.2, 0.25) is 0 Å². The summed E-state index contributed by atoms with van der Waals surface area (Å²) in [6, 6.07) is 19.5. The molecule has 0 atom stereocenters. The van der Waals surface area contributed by atoms with E-state index in [2.05, 4.69) is 17.9 Å². The second-order valence-corrected chi connectivity index (χ2v) is 4.76. The summed E-state index contributed by atoms with van der Waals surface area (Å²) >= 11 is 4.12. The van der Waals surface area contributed by atoms with Crippen LogP contribution in [0.1, 0.15) is 11.1 Å². The lowest BCUT2D eigenvalue weighted by Crippen LogP contribution is -2.26. The number of benzene rings is 2. The van der Waals surface area contributed by atoms with E-state index in [0.29, 0.717) is 17.9 Å². The molecule has 1 amide bonds. The fourth-order valence-corrected chi connectivity index (χ4v) is 1.99. The van der Waals surface area contributed by atoms with E-state index in [4.69, 9.17) is 0 Å². The van der Waals surface area contributed by atoms with Gasteiger partial charge < -0.3 is 5.32 Å². The van der Waals surface area contributed by atoms with Gasteiger partial charge in [-0.2, -0.15) is 12.6 Å². The van der Waals surface area contributed by atoms with Gasteiger partial charge in [0.05, 0.1) is 0 Å². The minimum Gasteiger partial charge on any atom is -0.351 e. The van der Waals surface area contributed by atoms with Crippen LogP contribution in [0, 0.1) is 0 Å². The number of carbonyl (C=O) groups excluding carboxylic acids is 1. The monoisotopic (exact) mass is 283 g/mol. The maximum Gasteiger partial charge on any atom is 0.251 e. The average Bonchev–Trinajstić information content (AvgIpc) is 2.52. The number of thiol groups is 1. The Morgan fingerprint density at radius 2 is 1.60 bits per heavy atom. The molecule has 0 aliphatic carbocycles. The van der Waals surface area contributed by atoms with Crippen molar-refractivity contribution in [3.63, 3.8) is 0 Å². The molecule has 0 fully saturated rings. The summed E-state index contributed by atoms with van der Waals surface area (Å²) in [5, 5.41) is 2.87. The lowest BCUT2D eigenvalue weighted by atomic mass is 10.0. The third kappa shape index (κ3) is 4.00. The number of amides is 1. The molecule has 2 aromatic rings. The highest BCUT2D eigenvalue weighted by atomic mass is 32.1. The smallest absolute Gasteiger partial charge is 0.251 e. The number of nitrogens with one attached hydrogen (secondary N) is 1. The Bertz CT molecular complexity index is 578. The van der Waals surface area contributed by atoms with Crippen LogP contribution < -0.4 is 5.32 Å². The second-order valence-electron chi connectivity index (χ2n) is 4.31. The molecular formula is C17H17NOS. The molecule has 0 bridgehead atoms. The molecule has 0 aliphatic rings. The number of carbonyl (C=O) groups is 1. The van der Waals surface area contributed by atoms with E-state index < -0.39 is 0 Å². The molecule has 102 valence electrons. The van der Waals surface area contributed by atoms with Crippen LogP contribution in [0.3, 0.4) is 0 Å². The lowest BCUT2D eigenvalue weighted by molar-refractivity contribution is -0.115. The standard InChI is InChI=1S/C17H17NOS/c19-17(18-11-12-20)16(15-9-5-2-6-10-15)13-14-7-3-1-4-8-14/h1-10,13,20H,11-12H2,(H,18,19)/b16-13+. The molecule has 0 heterocycles. The number of hydrogen-bond acceptors (Lipinski definition) is 2. The minimum absolute atomic E-state index is 0.0749. The Morgan fingerprint density at radius 3 is 2.20 bits per heavy atom. The first-order chi connectivity index (χ1) is 9.81. The van der Waals surface area contributed by atoms with E-state index >= 15 is 0 Å². The van der Waals surface area contributed by atoms with Gasteiger partial charge in [-0.15, -0.1) is 0 Å². The highest BCUT2D eigenvalue weighted by molar-refractivity contribution is 7.80. The fraction of sp³-hybridized carbons (Fsp3) is 0.118. The van der Waals surface area contributed by atoms with Crippen molar-refractivity contribution in [3.05, 3.63) is 71.8 Å². The zero-order valence-electron chi connectivity index (χ0n) is 11.1. The molecule has 0 spiro atoms. The van der Waals surface area contributed by atoms with Crippen molar-refractivity contribution in [1.29, 1.82) is 0 Å². The average molecular weight is 283 g/mol. The van der Waals surface area contributed by atoms with Gasteiger partial charge in [-0.1, -0.05) is 60.7 Å². The van der Waals surface area contributed by atoms with Crippen LogP contribution in [-0.4, -0.2) is 18.2 Å². The summed E-state index contributed by atoms with van der Waals surface area (Å²) in [7, 11) is 0. The third-order valence-electron chi connectivity index (χ3n) is 2.84. The Balaban J connectivity index is 2.34. The van der Waals surface area contributed by atoms with E-state index in [0.717, 1.165) is 11.1 Å². The molecule has 20 heavy (non-hydrogen) atoms. The van der Waals surface area contributed by atoms with Crippen molar-refractivity contribution in [2.24, 2.45) is 0 Å². The van der Waals surface area contributed by atoms with Gasteiger partial charge in [-0.25, -0.2) is 0 Å². The Morgan fingerprint density at radius 1 is 1.00 bits per heavy atom. The van der Waals surface area contributed by atoms with Gasteiger partial charge in [0.25, 0.3) is 5.91 Å². The predicted octanol–water partition coefficient (Wildman–Crippen LogP) is 3.27. The first-order valence-corrected chi connectivity index (χ1v) is 7.16. The molecule has 0 aromatic heterocycles. The topological polar surface area (TPSA) is 29.1 Å². The van der Waals surface area contributed by atoms with Crippen molar-refractivity contribution >= 4 is 30.2 Å². The molecular weight excluding hydrogens is 266 g/mol. The van der Waals surface area contributed by atoms with Crippen LogP contribution in [-0.2, 0) is 4.79 Å². The Kier molecular flexibility index (Phi) is 5.44. The lowest BCUT2D eigenvalue weighted by Gasteiger charge is -2.09. The normalized spacial score (nSPS) is 11.2. The summed E-state index contributed by atoms with van der Waals surface area (Å²) in [5.41, 5.74) is 2.58. The molecule has 0 saturated carbocycles. The van der Waals surface area contributed by atoms with Crippen LogP contribution >= 0.6 is 12.6 Å². The predicted molar refractivity (Wildman–Crippen MR) is 87.6 cm³/mol. The summed E-state index contributed by atoms with van der Waals surface area (Å²) in [6.45, 7) is 0.556. The summed E-state index contributed by atoms with van der Waals surface area (Å²) < 4.78 is 0. The number of hydrogen-bond donors (Lipinski definition) is 2. The van der Waals surface area contributed by atoms with Crippen LogP contribution in [0.25, 0.3) is 11.6 Å². The third-order valence-corrected chi connectivity index (χ3v) is 3.06. The van der Waals surface area contributed by atoms with E-state index in [-0.39, 0.29) is 5.91 Å². The van der Waals surface area contributed by atoms with Crippen molar-refractivity contribution in [3.8, 4) is 0 Å². The zero-order chi connectivity index (χ0) is 14.2. The Hall–Kier alpha value is -2.00. The molecule has 0 saturated heterocycles. The first-order valence-electron chi connectivity index (χ1n) is 6.52. The molecule has 0 unspecified atom stereocenters. The summed E-state index contributed by atoms with van der Waals surface area (Å²) in [6.07, 6.45) is 1.91. The van der Waals surface area contributed by atoms with Crippen LogP contribution in [0.5, 0.6) is 0 Å². The highest BCUT2D eigenvalue weighted by Gasteiger charge is 2.10. The van der Waals surface area contributed by atoms with Crippen LogP contribution in [0.15, 0.2) is 60.7 Å². The van der Waals surface area contributed by atoms with E-state index in [1.807, 2.05) is 66.7 Å². The van der Waals surface area contributed by atoms with E-state index in [1.165, 1.54) is 0 Å². The largest absolute Gasteiger partial charge is 0.351 e. The van der Waals surface area contributed by atoms with Gasteiger partial charge >= 0.3 is 0 Å². The minimum atomic E-state index is -0.0749. The second kappa shape index (κ2) is 7.56. The molecule has 0 radical (unpaired) electrons. The zero-order valence-corrected chi connectivity index (χ0v) is 12.0. The fourth-order valence-electron chi connectivity index (χ4n) is 1.88. The van der Waals surface area contributed by atoms with E-state index in [1.54, 1.807) is 0 Å². The van der Waals surface area contributed by atoms with Crippen molar-refractivity contribution in [2.75, 3.05) is 12.3 Å². The SMILES string of the molecule is O=C(NCCS)/C(=C/c1ccccc1)c1ccccc1. The van der Waals surface area contributed by atoms with Gasteiger partial charge in [0.15, 0.2) is 0 Å². The van der Waals surface area contributed by atoms with Gasteiger partial charge in [0.1, 0.15) is 0 Å². The van der Waals surface area contributed by atoms with Gasteiger partial charge in [0, 0.05) is 17.9 Å². The molecule has 0 aliphatic heterocycles. The maximum atomic E-state index is 12.3. The van der Waals surface area contributed by atoms with E-state index in [9.17, 15) is 4.79 Å². The maximum absolute atomic E-state index is 12.3. The molecule has 1 N–H and O–H groups in total. The molecule has 2 aromatic carbocycles. The van der Waals surface area contributed by atoms with Crippen molar-refractivity contribution in [2.45, 2.75) is 0 Å². The first kappa shape index (κ1) is 14.4. The Labute approximate surface area is 124 Å². The summed E-state index contributed by atoms with van der Waals surface area (Å²) in [5.74, 6) is 0.549. The van der Waals surface area contributed by atoms with Crippen LogP contribution in [0.4, 0.5) is 0 Å². The van der Waals surface area contributed by atoms with Gasteiger partial charge in [-0.05, 0) is 17.2 Å². The molecule has 3 heteroatoms. The highest BCUT2D eigenvalue weighted by Crippen LogP contribution is 2.18. The van der Waals surface area contributed by atoms with Gasteiger partial charge in [0.2, 0.25) is 0 Å². The van der Waals surface area contributed by atoms with Gasteiger partial charge in [-0.3, -0.25) is 4.79 Å². The van der Waals surface area contributed by atoms with Crippen molar-refractivity contribution in [1.82, 2.24) is 5.32 Å². The summed E-state index contributed by atoms with van der Waals surface area (Å²) in [4.78, 5) is 12.3. The van der Waals surface area contributed by atoms with Crippen molar-refractivity contribution < 1.29 is 4.79 Å². The molecule has 2 rings (SSSR count). The molecule has 2 nitrogen and oxygen atoms in total. The number of rotatable bonds is 5.